The van der Waals surface area contributed by atoms with Crippen molar-refractivity contribution in [2.24, 2.45) is 5.92 Å². The van der Waals surface area contributed by atoms with Gasteiger partial charge in [0.05, 0.1) is 6.54 Å². The van der Waals surface area contributed by atoms with E-state index in [9.17, 15) is 9.59 Å². The molecule has 1 aliphatic carbocycles. The van der Waals surface area contributed by atoms with Crippen LogP contribution in [0.25, 0.3) is 11.3 Å². The minimum Gasteiger partial charge on any atom is -0.351 e. The van der Waals surface area contributed by atoms with Gasteiger partial charge in [0.25, 0.3) is 5.91 Å². The van der Waals surface area contributed by atoms with Gasteiger partial charge in [0, 0.05) is 18.3 Å². The molecule has 2 aromatic rings. The van der Waals surface area contributed by atoms with E-state index in [1.54, 1.807) is 0 Å². The van der Waals surface area contributed by atoms with E-state index in [1.165, 1.54) is 0 Å². The highest BCUT2D eigenvalue weighted by molar-refractivity contribution is 6.00. The second-order valence-electron chi connectivity index (χ2n) is 9.57. The third-order valence-corrected chi connectivity index (χ3v) is 7.15. The van der Waals surface area contributed by atoms with Crippen LogP contribution in [0.15, 0.2) is 42.5 Å². The van der Waals surface area contributed by atoms with Gasteiger partial charge in [-0.15, -0.1) is 0 Å². The Balaban J connectivity index is 1.66. The molecule has 1 fully saturated rings. The van der Waals surface area contributed by atoms with Crippen LogP contribution < -0.4 is 5.32 Å². The summed E-state index contributed by atoms with van der Waals surface area (Å²) in [7, 11) is 0. The number of unbranched alkanes of at least 4 members (excludes halogenated alkanes) is 1. The zero-order chi connectivity index (χ0) is 22.0. The van der Waals surface area contributed by atoms with Crippen LogP contribution in [0.2, 0.25) is 0 Å². The van der Waals surface area contributed by atoms with Crippen molar-refractivity contribution in [1.29, 1.82) is 0 Å². The van der Waals surface area contributed by atoms with Crippen LogP contribution in [0.5, 0.6) is 0 Å². The molecule has 0 bridgehead atoms. The number of carbonyl (C=O) groups excluding carboxylic acids is 2. The number of fused-ring (bicyclic) bond motifs is 1. The number of hydrogen-bond acceptors (Lipinski definition) is 2. The molecule has 0 unspecified atom stereocenters. The standard InChI is InChI=1S/C26H35N3O2/c1-4-5-17-29-24(30)23-16-15-22(20-9-7-6-8-10-20)28(23)18-26(29,3)25(31)27-21-13-11-19(2)12-14-21/h6-10,15-16,19,21H,4-5,11-14,17-18H2,1-3H3,(H,27,31)/t19?,21?,26-/m1/s1. The smallest absolute Gasteiger partial charge is 0.271 e. The maximum absolute atomic E-state index is 13.6. The van der Waals surface area contributed by atoms with Gasteiger partial charge in [-0.2, -0.15) is 0 Å². The number of carbonyl (C=O) groups is 2. The highest BCUT2D eigenvalue weighted by Crippen LogP contribution is 2.34. The molecule has 1 aromatic carbocycles. The molecule has 31 heavy (non-hydrogen) atoms. The summed E-state index contributed by atoms with van der Waals surface area (Å²) in [5.74, 6) is 0.670. The van der Waals surface area contributed by atoms with Gasteiger partial charge in [0.15, 0.2) is 0 Å². The summed E-state index contributed by atoms with van der Waals surface area (Å²) < 4.78 is 2.04. The summed E-state index contributed by atoms with van der Waals surface area (Å²) in [5.41, 5.74) is 1.83. The van der Waals surface area contributed by atoms with Gasteiger partial charge in [0.1, 0.15) is 11.2 Å². The Bertz CT molecular complexity index is 927. The summed E-state index contributed by atoms with van der Waals surface area (Å²) >= 11 is 0. The van der Waals surface area contributed by atoms with Crippen molar-refractivity contribution in [1.82, 2.24) is 14.8 Å². The molecule has 2 heterocycles. The molecule has 1 N–H and O–H groups in total. The number of nitrogens with one attached hydrogen (secondary N) is 1. The molecule has 5 nitrogen and oxygen atoms in total. The minimum absolute atomic E-state index is 0.0186. The molecule has 1 aliphatic heterocycles. The lowest BCUT2D eigenvalue weighted by Crippen LogP contribution is -2.65. The molecule has 0 radical (unpaired) electrons. The molecule has 2 aliphatic rings. The predicted molar refractivity (Wildman–Crippen MR) is 124 cm³/mol. The molecule has 0 saturated heterocycles. The first-order valence-corrected chi connectivity index (χ1v) is 11.8. The number of hydrogen-bond donors (Lipinski definition) is 1. The first-order valence-electron chi connectivity index (χ1n) is 11.8. The van der Waals surface area contributed by atoms with Crippen molar-refractivity contribution in [2.45, 2.75) is 77.4 Å². The maximum Gasteiger partial charge on any atom is 0.271 e. The van der Waals surface area contributed by atoms with Crippen LogP contribution in [-0.2, 0) is 11.3 Å². The zero-order valence-corrected chi connectivity index (χ0v) is 19.1. The highest BCUT2D eigenvalue weighted by atomic mass is 16.2. The van der Waals surface area contributed by atoms with E-state index >= 15 is 0 Å². The van der Waals surface area contributed by atoms with E-state index in [-0.39, 0.29) is 17.9 Å². The normalized spacial score (nSPS) is 25.9. The molecule has 166 valence electrons. The molecule has 1 aromatic heterocycles. The average Bonchev–Trinajstić information content (AvgIpc) is 3.19. The fraction of sp³-hybridized carbons (Fsp3) is 0.538. The average molecular weight is 422 g/mol. The van der Waals surface area contributed by atoms with Crippen LogP contribution in [-0.4, -0.2) is 39.4 Å². The van der Waals surface area contributed by atoms with Gasteiger partial charge in [0.2, 0.25) is 5.91 Å². The molecule has 1 saturated carbocycles. The van der Waals surface area contributed by atoms with Crippen LogP contribution in [0.1, 0.15) is 69.8 Å². The van der Waals surface area contributed by atoms with E-state index in [0.717, 1.165) is 55.7 Å². The summed E-state index contributed by atoms with van der Waals surface area (Å²) in [6, 6.07) is 14.2. The third-order valence-electron chi connectivity index (χ3n) is 7.15. The van der Waals surface area contributed by atoms with E-state index < -0.39 is 5.54 Å². The van der Waals surface area contributed by atoms with Crippen molar-refractivity contribution < 1.29 is 9.59 Å². The van der Waals surface area contributed by atoms with Crippen molar-refractivity contribution in [3.63, 3.8) is 0 Å². The number of nitrogens with zero attached hydrogens (tertiary/aromatic N) is 2. The first kappa shape index (κ1) is 21.7. The zero-order valence-electron chi connectivity index (χ0n) is 19.1. The van der Waals surface area contributed by atoms with Gasteiger partial charge < -0.3 is 14.8 Å². The molecule has 0 spiro atoms. The second-order valence-corrected chi connectivity index (χ2v) is 9.57. The molecule has 5 heteroatoms. The summed E-state index contributed by atoms with van der Waals surface area (Å²) in [4.78, 5) is 29.0. The van der Waals surface area contributed by atoms with Crippen LogP contribution >= 0.6 is 0 Å². The Hall–Kier alpha value is -2.56. The first-order chi connectivity index (χ1) is 14.9. The lowest BCUT2D eigenvalue weighted by molar-refractivity contribution is -0.133. The number of rotatable bonds is 6. The lowest BCUT2D eigenvalue weighted by atomic mass is 9.86. The predicted octanol–water partition coefficient (Wildman–Crippen LogP) is 4.86. The second kappa shape index (κ2) is 8.89. The molecule has 4 rings (SSSR count). The van der Waals surface area contributed by atoms with Crippen molar-refractivity contribution >= 4 is 11.8 Å². The van der Waals surface area contributed by atoms with Crippen LogP contribution in [0, 0.1) is 5.92 Å². The Morgan fingerprint density at radius 1 is 1.06 bits per heavy atom. The molecule has 1 atom stereocenters. The van der Waals surface area contributed by atoms with E-state index in [1.807, 2.05) is 46.7 Å². The Morgan fingerprint density at radius 3 is 2.42 bits per heavy atom. The van der Waals surface area contributed by atoms with E-state index in [0.29, 0.717) is 18.8 Å². The maximum atomic E-state index is 13.6. The third kappa shape index (κ3) is 4.15. The monoisotopic (exact) mass is 421 g/mol. The van der Waals surface area contributed by atoms with Gasteiger partial charge in [-0.1, -0.05) is 50.6 Å². The fourth-order valence-electron chi connectivity index (χ4n) is 5.05. The topological polar surface area (TPSA) is 54.3 Å². The number of benzene rings is 1. The van der Waals surface area contributed by atoms with Gasteiger partial charge >= 0.3 is 0 Å². The van der Waals surface area contributed by atoms with Crippen molar-refractivity contribution in [3.8, 4) is 11.3 Å². The van der Waals surface area contributed by atoms with Crippen molar-refractivity contribution in [3.05, 3.63) is 48.2 Å². The SMILES string of the molecule is CCCCN1C(=O)c2ccc(-c3ccccc3)n2C[C@]1(C)C(=O)NC1CCC(C)CC1. The largest absolute Gasteiger partial charge is 0.351 e. The van der Waals surface area contributed by atoms with Crippen molar-refractivity contribution in [2.75, 3.05) is 6.54 Å². The van der Waals surface area contributed by atoms with Gasteiger partial charge in [-0.25, -0.2) is 0 Å². The number of amides is 2. The molecule has 2 amide bonds. The van der Waals surface area contributed by atoms with E-state index in [2.05, 4.69) is 31.3 Å². The van der Waals surface area contributed by atoms with Crippen LogP contribution in [0.3, 0.4) is 0 Å². The van der Waals surface area contributed by atoms with Gasteiger partial charge in [-0.3, -0.25) is 9.59 Å². The van der Waals surface area contributed by atoms with E-state index in [4.69, 9.17) is 0 Å². The summed E-state index contributed by atoms with van der Waals surface area (Å²) in [5, 5.41) is 3.31. The fourth-order valence-corrected chi connectivity index (χ4v) is 5.05. The van der Waals surface area contributed by atoms with Gasteiger partial charge in [-0.05, 0) is 62.6 Å². The number of aromatic nitrogens is 1. The minimum atomic E-state index is -0.898. The molecular formula is C26H35N3O2. The summed E-state index contributed by atoms with van der Waals surface area (Å²) in [6.45, 7) is 7.42. The van der Waals surface area contributed by atoms with Crippen LogP contribution in [0.4, 0.5) is 0 Å². The Labute approximate surface area is 185 Å². The Morgan fingerprint density at radius 2 is 1.74 bits per heavy atom. The quantitative estimate of drug-likeness (QED) is 0.724. The molecular weight excluding hydrogens is 386 g/mol. The lowest BCUT2D eigenvalue weighted by Gasteiger charge is -2.45. The summed E-state index contributed by atoms with van der Waals surface area (Å²) in [6.07, 6.45) is 6.23. The Kier molecular flexibility index (Phi) is 6.22. The highest BCUT2D eigenvalue weighted by Gasteiger charge is 2.47.